The topological polar surface area (TPSA) is 45.2 Å². The van der Waals surface area contributed by atoms with Gasteiger partial charge in [0.2, 0.25) is 0 Å². The van der Waals surface area contributed by atoms with Crippen LogP contribution in [0.15, 0.2) is 30.3 Å². The van der Waals surface area contributed by atoms with Gasteiger partial charge in [0.25, 0.3) is 0 Å². The Labute approximate surface area is 287 Å². The van der Waals surface area contributed by atoms with E-state index >= 15 is 0 Å². The Balaban J connectivity index is 0.000000681. The molecule has 0 aliphatic carbocycles. The van der Waals surface area contributed by atoms with Crippen molar-refractivity contribution in [1.29, 1.82) is 0 Å². The maximum atomic E-state index is 13.2. The lowest BCUT2D eigenvalue weighted by Gasteiger charge is -2.50. The van der Waals surface area contributed by atoms with Crippen LogP contribution in [0.2, 0.25) is 0 Å². The van der Waals surface area contributed by atoms with Crippen LogP contribution in [0, 0.1) is 11.3 Å². The molecule has 0 radical (unpaired) electrons. The summed E-state index contributed by atoms with van der Waals surface area (Å²) >= 11 is 0. The van der Waals surface area contributed by atoms with E-state index in [0.717, 1.165) is 0 Å². The minimum Gasteiger partial charge on any atom is -0.308 e. The fraction of sp³-hybridized carbons (Fsp3) is 0.846. The minimum atomic E-state index is -3.18. The van der Waals surface area contributed by atoms with Gasteiger partial charge in [0.15, 0.2) is 0 Å². The van der Waals surface area contributed by atoms with E-state index in [1.54, 1.807) is 0 Å². The summed E-state index contributed by atoms with van der Waals surface area (Å²) in [4.78, 5) is 7.09. The van der Waals surface area contributed by atoms with Gasteiger partial charge >= 0.3 is 7.60 Å². The molecule has 0 bridgehead atoms. The number of rotatable bonds is 9. The second kappa shape index (κ2) is 17.8. The highest BCUT2D eigenvalue weighted by molar-refractivity contribution is 7.54. The van der Waals surface area contributed by atoms with Crippen LogP contribution in [0.1, 0.15) is 149 Å². The molecule has 1 aliphatic rings. The minimum absolute atomic E-state index is 0.109. The van der Waals surface area contributed by atoms with Gasteiger partial charge < -0.3 is 9.05 Å². The third kappa shape index (κ3) is 13.6. The van der Waals surface area contributed by atoms with Crippen LogP contribution >= 0.6 is 7.60 Å². The maximum Gasteiger partial charge on any atom is 0.348 e. The number of hydrogen-bond donors (Lipinski definition) is 0. The van der Waals surface area contributed by atoms with Crippen molar-refractivity contribution >= 4 is 7.60 Å². The summed E-state index contributed by atoms with van der Waals surface area (Å²) in [6.07, 6.45) is 4.06. The quantitative estimate of drug-likeness (QED) is 0.244. The van der Waals surface area contributed by atoms with Crippen LogP contribution in [-0.4, -0.2) is 77.0 Å². The molecule has 1 aliphatic heterocycles. The first-order valence-electron chi connectivity index (χ1n) is 17.7. The Hall–Kier alpha value is -0.750. The van der Waals surface area contributed by atoms with Crippen molar-refractivity contribution in [2.24, 2.45) is 11.3 Å². The molecule has 1 fully saturated rings. The van der Waals surface area contributed by atoms with E-state index in [0.29, 0.717) is 36.3 Å². The Morgan fingerprint density at radius 2 is 1.17 bits per heavy atom. The second-order valence-corrected chi connectivity index (χ2v) is 19.9. The average molecular weight is 668 g/mol. The van der Waals surface area contributed by atoms with Crippen molar-refractivity contribution in [1.82, 2.24) is 14.7 Å². The largest absolute Gasteiger partial charge is 0.348 e. The van der Waals surface area contributed by atoms with Gasteiger partial charge in [0.1, 0.15) is 5.78 Å². The van der Waals surface area contributed by atoms with Crippen LogP contribution in [0.5, 0.6) is 0 Å². The Morgan fingerprint density at radius 3 is 1.46 bits per heavy atom. The molecule has 0 amide bonds. The molecular formula is C39H78N3O3P. The molecule has 46 heavy (non-hydrogen) atoms. The molecule has 1 aromatic carbocycles. The monoisotopic (exact) mass is 668 g/mol. The van der Waals surface area contributed by atoms with Crippen molar-refractivity contribution in [3.63, 3.8) is 0 Å². The highest BCUT2D eigenvalue weighted by atomic mass is 31.2. The van der Waals surface area contributed by atoms with Crippen molar-refractivity contribution in [2.45, 2.75) is 171 Å². The first kappa shape index (κ1) is 45.2. The molecule has 2 atom stereocenters. The van der Waals surface area contributed by atoms with Gasteiger partial charge in [0, 0.05) is 28.2 Å². The number of hydrogen-bond acceptors (Lipinski definition) is 6. The zero-order valence-corrected chi connectivity index (χ0v) is 35.1. The average Bonchev–Trinajstić information content (AvgIpc) is 2.87. The fourth-order valence-electron chi connectivity index (χ4n) is 6.40. The van der Waals surface area contributed by atoms with Gasteiger partial charge in [-0.25, -0.2) is 0 Å². The molecule has 7 heteroatoms. The van der Waals surface area contributed by atoms with Gasteiger partial charge in [-0.1, -0.05) is 65.0 Å². The molecular weight excluding hydrogens is 589 g/mol. The highest BCUT2D eigenvalue weighted by Crippen LogP contribution is 2.60. The van der Waals surface area contributed by atoms with E-state index in [-0.39, 0.29) is 22.3 Å². The molecule has 2 rings (SSSR count). The number of piperidine rings is 1. The number of benzene rings is 1. The number of nitrogens with zero attached hydrogens (tertiary/aromatic N) is 3. The maximum absolute atomic E-state index is 13.2. The lowest BCUT2D eigenvalue weighted by molar-refractivity contribution is -0.00199. The van der Waals surface area contributed by atoms with Crippen LogP contribution in [0.3, 0.4) is 0 Å². The van der Waals surface area contributed by atoms with E-state index < -0.39 is 7.60 Å². The van der Waals surface area contributed by atoms with Crippen molar-refractivity contribution in [2.75, 3.05) is 34.4 Å². The standard InChI is InChI=1S/C15H25N.C14H32NO3P.C10H21N/c1-12(2)14(16(6)15(3,4)5)13-10-8-7-9-11-13;1-10-17-19(16,18-11-2)12(13(3,4)5)15(9)14(6,7)8;1-9(2)7-6-8-10(3,4)11(9)5/h7-12,14H,1-6H3;12H,10-11H2,1-9H3;6-8H2,1-5H3. The van der Waals surface area contributed by atoms with Gasteiger partial charge in [-0.05, 0) is 140 Å². The zero-order chi connectivity index (χ0) is 36.5. The fourth-order valence-corrected chi connectivity index (χ4v) is 9.20. The molecule has 1 heterocycles. The summed E-state index contributed by atoms with van der Waals surface area (Å²) in [7, 11) is 3.28. The molecule has 1 saturated heterocycles. The summed E-state index contributed by atoms with van der Waals surface area (Å²) in [5.41, 5.74) is 2.10. The molecule has 0 N–H and O–H groups in total. The van der Waals surface area contributed by atoms with E-state index in [4.69, 9.17) is 9.05 Å². The predicted molar refractivity (Wildman–Crippen MR) is 203 cm³/mol. The number of likely N-dealkylation sites (tertiary alicyclic amines) is 1. The van der Waals surface area contributed by atoms with Crippen molar-refractivity contribution < 1.29 is 13.6 Å². The summed E-state index contributed by atoms with van der Waals surface area (Å²) in [5, 5.41) is 0. The van der Waals surface area contributed by atoms with Crippen LogP contribution in [-0.2, 0) is 13.6 Å². The van der Waals surface area contributed by atoms with E-state index in [1.807, 2.05) is 20.9 Å². The van der Waals surface area contributed by atoms with E-state index in [1.165, 1.54) is 24.8 Å². The summed E-state index contributed by atoms with van der Waals surface area (Å²) in [5.74, 6) is 0.339. The molecule has 0 spiro atoms. The van der Waals surface area contributed by atoms with Crippen LogP contribution in [0.4, 0.5) is 0 Å². The smallest absolute Gasteiger partial charge is 0.308 e. The predicted octanol–water partition coefficient (Wildman–Crippen LogP) is 11.1. The summed E-state index contributed by atoms with van der Waals surface area (Å²) < 4.78 is 24.3. The van der Waals surface area contributed by atoms with Gasteiger partial charge in [-0.3, -0.25) is 19.3 Å². The SMILES string of the molecule is CC(C)C(c1ccccc1)N(C)C(C)(C)C.CCOP(=O)(OCC)C(N(C)C(C)(C)C)C(C)(C)C.CN1C(C)(C)CCCC1(C)C. The summed E-state index contributed by atoms with van der Waals surface area (Å²) in [6, 6.07) is 11.3. The molecule has 6 nitrogen and oxygen atoms in total. The Kier molecular flexibility index (Phi) is 17.5. The molecule has 1 aromatic rings. The molecule has 0 saturated carbocycles. The third-order valence-corrected chi connectivity index (χ3v) is 12.7. The van der Waals surface area contributed by atoms with Gasteiger partial charge in [-0.15, -0.1) is 0 Å². The van der Waals surface area contributed by atoms with Crippen LogP contribution in [0.25, 0.3) is 0 Å². The van der Waals surface area contributed by atoms with E-state index in [9.17, 15) is 4.57 Å². The van der Waals surface area contributed by atoms with Crippen molar-refractivity contribution in [3.05, 3.63) is 35.9 Å². The van der Waals surface area contributed by atoms with Crippen molar-refractivity contribution in [3.8, 4) is 0 Å². The van der Waals surface area contributed by atoms with Crippen LogP contribution < -0.4 is 0 Å². The highest BCUT2D eigenvalue weighted by Gasteiger charge is 2.48. The second-order valence-electron chi connectivity index (χ2n) is 17.8. The normalized spacial score (nSPS) is 18.8. The third-order valence-electron chi connectivity index (χ3n) is 9.76. The molecule has 0 aromatic heterocycles. The Morgan fingerprint density at radius 1 is 0.783 bits per heavy atom. The van der Waals surface area contributed by atoms with Gasteiger partial charge in [-0.2, -0.15) is 0 Å². The lowest BCUT2D eigenvalue weighted by atomic mass is 9.80. The first-order chi connectivity index (χ1) is 20.6. The lowest BCUT2D eigenvalue weighted by Crippen LogP contribution is -2.56. The first-order valence-corrected chi connectivity index (χ1v) is 19.3. The van der Waals surface area contributed by atoms with E-state index in [2.05, 4.69) is 163 Å². The zero-order valence-electron chi connectivity index (χ0n) is 34.2. The Bertz CT molecular complexity index is 1010. The summed E-state index contributed by atoms with van der Waals surface area (Å²) in [6.45, 7) is 37.8. The molecule has 272 valence electrons. The molecule has 2 unspecified atom stereocenters. The van der Waals surface area contributed by atoms with Gasteiger partial charge in [0.05, 0.1) is 13.2 Å².